The van der Waals surface area contributed by atoms with Gasteiger partial charge < -0.3 is 10.0 Å². The van der Waals surface area contributed by atoms with Gasteiger partial charge in [-0.2, -0.15) is 0 Å². The van der Waals surface area contributed by atoms with Crippen LogP contribution >= 0.6 is 0 Å². The summed E-state index contributed by atoms with van der Waals surface area (Å²) in [5, 5.41) is 9.19. The van der Waals surface area contributed by atoms with Gasteiger partial charge in [0.1, 0.15) is 0 Å². The number of nitrogens with zero attached hydrogens (tertiary/aromatic N) is 1. The minimum Gasteiger partial charge on any atom is -0.395 e. The molecule has 3 heteroatoms. The van der Waals surface area contributed by atoms with Crippen molar-refractivity contribution in [2.45, 2.75) is 18.8 Å². The molecule has 23 heavy (non-hydrogen) atoms. The molecule has 0 saturated heterocycles. The standard InChI is InChI=1S/C20H23NO2/c1-2-21(13-14-22)20(23)19-17(15-9-5-3-6-10-15)18(19)16-11-7-4-8-12-16/h3-12,17-19,22H,2,13-14H2,1H3. The van der Waals surface area contributed by atoms with Crippen LogP contribution in [0.25, 0.3) is 0 Å². The zero-order valence-corrected chi connectivity index (χ0v) is 13.4. The molecule has 0 spiro atoms. The maximum Gasteiger partial charge on any atom is 0.227 e. The van der Waals surface area contributed by atoms with Gasteiger partial charge in [0, 0.05) is 24.9 Å². The van der Waals surface area contributed by atoms with Crippen molar-refractivity contribution < 1.29 is 9.90 Å². The molecule has 0 bridgehead atoms. The molecular formula is C20H23NO2. The van der Waals surface area contributed by atoms with Crippen LogP contribution in [-0.4, -0.2) is 35.6 Å². The number of likely N-dealkylation sites (N-methyl/N-ethyl adjacent to an activating group) is 1. The van der Waals surface area contributed by atoms with Crippen molar-refractivity contribution in [1.29, 1.82) is 0 Å². The zero-order chi connectivity index (χ0) is 16.2. The maximum absolute atomic E-state index is 12.9. The summed E-state index contributed by atoms with van der Waals surface area (Å²) in [6, 6.07) is 20.6. The van der Waals surface area contributed by atoms with E-state index in [1.54, 1.807) is 4.90 Å². The highest BCUT2D eigenvalue weighted by Gasteiger charge is 2.56. The highest BCUT2D eigenvalue weighted by molar-refractivity contribution is 5.85. The summed E-state index contributed by atoms with van der Waals surface area (Å²) < 4.78 is 0. The van der Waals surface area contributed by atoms with E-state index in [-0.39, 0.29) is 30.3 Å². The Labute approximate surface area is 137 Å². The van der Waals surface area contributed by atoms with Crippen molar-refractivity contribution in [2.24, 2.45) is 5.92 Å². The van der Waals surface area contributed by atoms with Crippen molar-refractivity contribution in [3.05, 3.63) is 71.8 Å². The third-order valence-electron chi connectivity index (χ3n) is 4.74. The molecular weight excluding hydrogens is 286 g/mol. The molecule has 3 nitrogen and oxygen atoms in total. The molecule has 0 aromatic heterocycles. The number of carbonyl (C=O) groups is 1. The van der Waals surface area contributed by atoms with Gasteiger partial charge in [-0.15, -0.1) is 0 Å². The lowest BCUT2D eigenvalue weighted by atomic mass is 10.0. The Morgan fingerprint density at radius 3 is 1.83 bits per heavy atom. The monoisotopic (exact) mass is 309 g/mol. The van der Waals surface area contributed by atoms with E-state index in [4.69, 9.17) is 0 Å². The fourth-order valence-corrected chi connectivity index (χ4v) is 3.55. The lowest BCUT2D eigenvalue weighted by Crippen LogP contribution is -2.35. The molecule has 1 fully saturated rings. The fraction of sp³-hybridized carbons (Fsp3) is 0.350. The summed E-state index contributed by atoms with van der Waals surface area (Å²) in [6.07, 6.45) is 0. The summed E-state index contributed by atoms with van der Waals surface area (Å²) in [6.45, 7) is 3.02. The number of amides is 1. The van der Waals surface area contributed by atoms with E-state index in [9.17, 15) is 9.90 Å². The van der Waals surface area contributed by atoms with E-state index in [1.165, 1.54) is 11.1 Å². The van der Waals surface area contributed by atoms with E-state index in [1.807, 2.05) is 43.3 Å². The van der Waals surface area contributed by atoms with Crippen LogP contribution < -0.4 is 0 Å². The van der Waals surface area contributed by atoms with Gasteiger partial charge in [0.25, 0.3) is 0 Å². The van der Waals surface area contributed by atoms with Crippen molar-refractivity contribution in [3.63, 3.8) is 0 Å². The molecule has 0 heterocycles. The molecule has 3 rings (SSSR count). The number of aliphatic hydroxyl groups excluding tert-OH is 1. The summed E-state index contributed by atoms with van der Waals surface area (Å²) in [5.74, 6) is 0.605. The number of aliphatic hydroxyl groups is 1. The second-order valence-corrected chi connectivity index (χ2v) is 6.04. The van der Waals surface area contributed by atoms with Crippen molar-refractivity contribution in [1.82, 2.24) is 4.90 Å². The van der Waals surface area contributed by atoms with Crippen LogP contribution in [0.3, 0.4) is 0 Å². The van der Waals surface area contributed by atoms with Crippen LogP contribution in [0.15, 0.2) is 60.7 Å². The third kappa shape index (κ3) is 3.15. The summed E-state index contributed by atoms with van der Waals surface area (Å²) >= 11 is 0. The predicted molar refractivity (Wildman–Crippen MR) is 91.2 cm³/mol. The Kier molecular flexibility index (Phi) is 4.77. The molecule has 1 N–H and O–H groups in total. The highest BCUT2D eigenvalue weighted by Crippen LogP contribution is 2.61. The van der Waals surface area contributed by atoms with Gasteiger partial charge in [0.05, 0.1) is 12.5 Å². The highest BCUT2D eigenvalue weighted by atomic mass is 16.3. The average molecular weight is 309 g/mol. The first kappa shape index (κ1) is 15.8. The Hall–Kier alpha value is -2.13. The third-order valence-corrected chi connectivity index (χ3v) is 4.74. The van der Waals surface area contributed by atoms with Crippen molar-refractivity contribution >= 4 is 5.91 Å². The van der Waals surface area contributed by atoms with Gasteiger partial charge in [-0.25, -0.2) is 0 Å². The van der Waals surface area contributed by atoms with Crippen LogP contribution in [0.5, 0.6) is 0 Å². The number of hydrogen-bond acceptors (Lipinski definition) is 2. The van der Waals surface area contributed by atoms with E-state index in [0.29, 0.717) is 13.1 Å². The number of rotatable bonds is 6. The SMILES string of the molecule is CCN(CCO)C(=O)C1C(c2ccccc2)C1c1ccccc1. The van der Waals surface area contributed by atoms with E-state index in [2.05, 4.69) is 24.3 Å². The van der Waals surface area contributed by atoms with Crippen LogP contribution in [0.4, 0.5) is 0 Å². The van der Waals surface area contributed by atoms with E-state index < -0.39 is 0 Å². The van der Waals surface area contributed by atoms with Crippen LogP contribution in [0.2, 0.25) is 0 Å². The summed E-state index contributed by atoms with van der Waals surface area (Å²) in [7, 11) is 0. The maximum atomic E-state index is 12.9. The second-order valence-electron chi connectivity index (χ2n) is 6.04. The first-order chi connectivity index (χ1) is 11.3. The van der Waals surface area contributed by atoms with Crippen LogP contribution in [0.1, 0.15) is 29.9 Å². The van der Waals surface area contributed by atoms with Crippen molar-refractivity contribution in [2.75, 3.05) is 19.7 Å². The minimum atomic E-state index is -0.0219. The summed E-state index contributed by atoms with van der Waals surface area (Å²) in [4.78, 5) is 14.7. The second kappa shape index (κ2) is 6.97. The lowest BCUT2D eigenvalue weighted by molar-refractivity contribution is -0.133. The first-order valence-electron chi connectivity index (χ1n) is 8.27. The molecule has 1 aliphatic carbocycles. The lowest BCUT2D eigenvalue weighted by Gasteiger charge is -2.20. The fourth-order valence-electron chi connectivity index (χ4n) is 3.55. The molecule has 1 saturated carbocycles. The zero-order valence-electron chi connectivity index (χ0n) is 13.4. The molecule has 2 atom stereocenters. The van der Waals surface area contributed by atoms with Crippen LogP contribution in [-0.2, 0) is 4.79 Å². The molecule has 0 radical (unpaired) electrons. The number of benzene rings is 2. The Balaban J connectivity index is 1.88. The van der Waals surface area contributed by atoms with Crippen molar-refractivity contribution in [3.8, 4) is 0 Å². The smallest absolute Gasteiger partial charge is 0.227 e. The predicted octanol–water partition coefficient (Wildman–Crippen LogP) is 3.02. The van der Waals surface area contributed by atoms with E-state index >= 15 is 0 Å². The van der Waals surface area contributed by atoms with Gasteiger partial charge in [-0.3, -0.25) is 4.79 Å². The molecule has 1 aliphatic rings. The number of carbonyl (C=O) groups excluding carboxylic acids is 1. The Morgan fingerprint density at radius 1 is 0.957 bits per heavy atom. The molecule has 2 aromatic carbocycles. The normalized spacial score (nSPS) is 22.6. The Bertz CT molecular complexity index is 596. The Morgan fingerprint density at radius 2 is 1.43 bits per heavy atom. The molecule has 0 aliphatic heterocycles. The van der Waals surface area contributed by atoms with Crippen LogP contribution in [0, 0.1) is 5.92 Å². The number of hydrogen-bond donors (Lipinski definition) is 1. The molecule has 1 amide bonds. The van der Waals surface area contributed by atoms with Gasteiger partial charge in [-0.05, 0) is 18.1 Å². The molecule has 2 aromatic rings. The van der Waals surface area contributed by atoms with Gasteiger partial charge in [0.2, 0.25) is 5.91 Å². The molecule has 2 unspecified atom stereocenters. The van der Waals surface area contributed by atoms with Gasteiger partial charge in [0.15, 0.2) is 0 Å². The van der Waals surface area contributed by atoms with Gasteiger partial charge in [-0.1, -0.05) is 60.7 Å². The van der Waals surface area contributed by atoms with Gasteiger partial charge >= 0.3 is 0 Å². The first-order valence-corrected chi connectivity index (χ1v) is 8.27. The summed E-state index contributed by atoms with van der Waals surface area (Å²) in [5.41, 5.74) is 2.44. The van der Waals surface area contributed by atoms with E-state index in [0.717, 1.165) is 0 Å². The minimum absolute atomic E-state index is 0.0122. The topological polar surface area (TPSA) is 40.5 Å². The quantitative estimate of drug-likeness (QED) is 0.891. The average Bonchev–Trinajstić information content (AvgIpc) is 3.36. The largest absolute Gasteiger partial charge is 0.395 e. The molecule has 120 valence electrons.